The van der Waals surface area contributed by atoms with Crippen LogP contribution in [-0.4, -0.2) is 26.4 Å². The summed E-state index contributed by atoms with van der Waals surface area (Å²) in [6.07, 6.45) is 6.86. The van der Waals surface area contributed by atoms with E-state index in [0.29, 0.717) is 12.0 Å². The molecule has 1 heterocycles. The van der Waals surface area contributed by atoms with Crippen LogP contribution < -0.4 is 5.32 Å². The number of nitrogens with zero attached hydrogens (tertiary/aromatic N) is 3. The summed E-state index contributed by atoms with van der Waals surface area (Å²) in [4.78, 5) is 12.4. The first kappa shape index (κ1) is 12.6. The highest BCUT2D eigenvalue weighted by Gasteiger charge is 2.65. The zero-order chi connectivity index (χ0) is 14.5. The number of nitrogens with one attached hydrogen (secondary N) is 1. The molecule has 1 aromatic carbocycles. The molecule has 0 aliphatic heterocycles. The summed E-state index contributed by atoms with van der Waals surface area (Å²) in [6.45, 7) is 2.92. The molecule has 0 atom stereocenters. The van der Waals surface area contributed by atoms with Crippen LogP contribution in [0.25, 0.3) is 0 Å². The lowest BCUT2D eigenvalue weighted by Gasteiger charge is -2.69. The second kappa shape index (κ2) is 4.16. The van der Waals surface area contributed by atoms with Crippen LogP contribution in [0.2, 0.25) is 0 Å². The summed E-state index contributed by atoms with van der Waals surface area (Å²) < 4.78 is 1.75. The Balaban J connectivity index is 1.46. The van der Waals surface area contributed by atoms with E-state index >= 15 is 0 Å². The van der Waals surface area contributed by atoms with Gasteiger partial charge in [-0.2, -0.15) is 0 Å². The molecule has 2 bridgehead atoms. The van der Waals surface area contributed by atoms with Crippen molar-refractivity contribution < 1.29 is 4.79 Å². The van der Waals surface area contributed by atoms with Crippen LogP contribution in [-0.2, 0) is 6.54 Å². The number of carbonyl (C=O) groups is 1. The lowest BCUT2D eigenvalue weighted by Crippen LogP contribution is -2.73. The van der Waals surface area contributed by atoms with Crippen molar-refractivity contribution in [3.05, 3.63) is 47.8 Å². The molecule has 3 saturated carbocycles. The van der Waals surface area contributed by atoms with E-state index in [4.69, 9.17) is 0 Å². The topological polar surface area (TPSA) is 59.8 Å². The third-order valence-electron chi connectivity index (χ3n) is 4.68. The average Bonchev–Trinajstić information content (AvgIpc) is 2.89. The molecule has 3 fully saturated rings. The molecule has 1 amide bonds. The summed E-state index contributed by atoms with van der Waals surface area (Å²) in [5, 5.41) is 10.9. The van der Waals surface area contributed by atoms with Crippen LogP contribution in [0.1, 0.15) is 42.1 Å². The number of hydrogen-bond acceptors (Lipinski definition) is 3. The van der Waals surface area contributed by atoms with E-state index in [9.17, 15) is 4.79 Å². The van der Waals surface area contributed by atoms with E-state index in [0.717, 1.165) is 30.4 Å². The fourth-order valence-electron chi connectivity index (χ4n) is 4.06. The Morgan fingerprint density at radius 3 is 2.86 bits per heavy atom. The van der Waals surface area contributed by atoms with Crippen molar-refractivity contribution in [2.24, 2.45) is 5.41 Å². The number of carbonyl (C=O) groups excluding carboxylic acids is 1. The maximum Gasteiger partial charge on any atom is 0.251 e. The van der Waals surface area contributed by atoms with Gasteiger partial charge in [-0.3, -0.25) is 4.79 Å². The molecule has 3 aliphatic carbocycles. The molecule has 5 nitrogen and oxygen atoms in total. The second-order valence-electron chi connectivity index (χ2n) is 6.88. The number of benzene rings is 1. The van der Waals surface area contributed by atoms with E-state index in [1.54, 1.807) is 10.9 Å². The standard InChI is InChI=1S/C16H18N4O/c1-15-9-16(10-15,11-15)18-14(21)13-4-2-3-12(7-13)8-20-6-5-17-19-20/h2-7H,8-11H2,1H3,(H,18,21). The quantitative estimate of drug-likeness (QED) is 0.933. The minimum atomic E-state index is 0.0391. The maximum absolute atomic E-state index is 12.4. The zero-order valence-electron chi connectivity index (χ0n) is 12.0. The normalized spacial score (nSPS) is 29.4. The van der Waals surface area contributed by atoms with Gasteiger partial charge in [0.25, 0.3) is 5.91 Å². The summed E-state index contributed by atoms with van der Waals surface area (Å²) in [6, 6.07) is 7.72. The molecule has 21 heavy (non-hydrogen) atoms. The molecular formula is C16H18N4O. The van der Waals surface area contributed by atoms with Crippen LogP contribution in [0.5, 0.6) is 0 Å². The number of aromatic nitrogens is 3. The van der Waals surface area contributed by atoms with Gasteiger partial charge in [-0.15, -0.1) is 5.10 Å². The van der Waals surface area contributed by atoms with Crippen molar-refractivity contribution in [3.8, 4) is 0 Å². The third-order valence-corrected chi connectivity index (χ3v) is 4.68. The van der Waals surface area contributed by atoms with Gasteiger partial charge in [0.05, 0.1) is 12.7 Å². The molecular weight excluding hydrogens is 264 g/mol. The van der Waals surface area contributed by atoms with Gasteiger partial charge in [-0.1, -0.05) is 24.3 Å². The Labute approximate surface area is 123 Å². The predicted octanol–water partition coefficient (Wildman–Crippen LogP) is 2.00. The molecule has 1 N–H and O–H groups in total. The highest BCUT2D eigenvalue weighted by atomic mass is 16.1. The Hall–Kier alpha value is -2.17. The lowest BCUT2D eigenvalue weighted by atomic mass is 9.40. The molecule has 5 heteroatoms. The number of rotatable bonds is 4. The van der Waals surface area contributed by atoms with Crippen molar-refractivity contribution in [2.75, 3.05) is 0 Å². The van der Waals surface area contributed by atoms with Gasteiger partial charge in [-0.05, 0) is 42.4 Å². The second-order valence-corrected chi connectivity index (χ2v) is 6.88. The van der Waals surface area contributed by atoms with E-state index in [1.165, 1.54) is 0 Å². The Morgan fingerprint density at radius 2 is 2.19 bits per heavy atom. The van der Waals surface area contributed by atoms with Crippen LogP contribution in [0, 0.1) is 5.41 Å². The van der Waals surface area contributed by atoms with Crippen molar-refractivity contribution in [1.82, 2.24) is 20.3 Å². The fraction of sp³-hybridized carbons (Fsp3) is 0.438. The maximum atomic E-state index is 12.4. The predicted molar refractivity (Wildman–Crippen MR) is 77.7 cm³/mol. The van der Waals surface area contributed by atoms with Gasteiger partial charge in [0.1, 0.15) is 0 Å². The minimum absolute atomic E-state index is 0.0391. The van der Waals surface area contributed by atoms with E-state index in [-0.39, 0.29) is 11.4 Å². The molecule has 108 valence electrons. The van der Waals surface area contributed by atoms with E-state index < -0.39 is 0 Å². The summed E-state index contributed by atoms with van der Waals surface area (Å²) in [5.74, 6) is 0.0391. The van der Waals surface area contributed by atoms with Gasteiger partial charge < -0.3 is 5.32 Å². The van der Waals surface area contributed by atoms with Crippen LogP contribution in [0.3, 0.4) is 0 Å². The Kier molecular flexibility index (Phi) is 2.49. The first-order chi connectivity index (χ1) is 10.1. The molecule has 3 aliphatic rings. The van der Waals surface area contributed by atoms with Crippen molar-refractivity contribution in [3.63, 3.8) is 0 Å². The Morgan fingerprint density at radius 1 is 1.38 bits per heavy atom. The van der Waals surface area contributed by atoms with Crippen molar-refractivity contribution in [1.29, 1.82) is 0 Å². The highest BCUT2D eigenvalue weighted by molar-refractivity contribution is 5.95. The first-order valence-electron chi connectivity index (χ1n) is 7.32. The van der Waals surface area contributed by atoms with Crippen molar-refractivity contribution >= 4 is 5.91 Å². The monoisotopic (exact) mass is 282 g/mol. The molecule has 5 rings (SSSR count). The molecule has 1 aromatic heterocycles. The van der Waals surface area contributed by atoms with E-state index in [1.807, 2.05) is 30.5 Å². The first-order valence-corrected chi connectivity index (χ1v) is 7.32. The lowest BCUT2D eigenvalue weighted by molar-refractivity contribution is -0.132. The molecule has 0 saturated heterocycles. The van der Waals surface area contributed by atoms with Gasteiger partial charge in [0.2, 0.25) is 0 Å². The van der Waals surface area contributed by atoms with Crippen LogP contribution in [0.4, 0.5) is 0 Å². The van der Waals surface area contributed by atoms with Crippen LogP contribution in [0.15, 0.2) is 36.7 Å². The van der Waals surface area contributed by atoms with Gasteiger partial charge in [0.15, 0.2) is 0 Å². The largest absolute Gasteiger partial charge is 0.347 e. The summed E-state index contributed by atoms with van der Waals surface area (Å²) >= 11 is 0. The number of amides is 1. The van der Waals surface area contributed by atoms with Crippen LogP contribution >= 0.6 is 0 Å². The van der Waals surface area contributed by atoms with Gasteiger partial charge >= 0.3 is 0 Å². The minimum Gasteiger partial charge on any atom is -0.347 e. The molecule has 2 aromatic rings. The fourth-order valence-corrected chi connectivity index (χ4v) is 4.06. The SMILES string of the molecule is CC12CC(NC(=O)c3cccc(Cn4ccnn4)c3)(C1)C2. The van der Waals surface area contributed by atoms with Gasteiger partial charge in [-0.25, -0.2) is 4.68 Å². The van der Waals surface area contributed by atoms with E-state index in [2.05, 4.69) is 22.6 Å². The molecule has 0 spiro atoms. The summed E-state index contributed by atoms with van der Waals surface area (Å²) in [7, 11) is 0. The summed E-state index contributed by atoms with van der Waals surface area (Å²) in [5.41, 5.74) is 2.37. The van der Waals surface area contributed by atoms with Crippen molar-refractivity contribution in [2.45, 2.75) is 38.3 Å². The van der Waals surface area contributed by atoms with Gasteiger partial charge in [0, 0.05) is 17.3 Å². The Bertz CT molecular complexity index is 672. The number of hydrogen-bond donors (Lipinski definition) is 1. The highest BCUT2D eigenvalue weighted by Crippen LogP contribution is 2.66. The third kappa shape index (κ3) is 2.13. The smallest absolute Gasteiger partial charge is 0.251 e. The molecule has 0 radical (unpaired) electrons. The molecule has 0 unspecified atom stereocenters. The average molecular weight is 282 g/mol. The zero-order valence-corrected chi connectivity index (χ0v) is 12.0.